The summed E-state index contributed by atoms with van der Waals surface area (Å²) in [5, 5.41) is 17.1. The summed E-state index contributed by atoms with van der Waals surface area (Å²) in [7, 11) is -3.87. The van der Waals surface area contributed by atoms with E-state index < -0.39 is 15.7 Å². The molecule has 2 rings (SSSR count). The molecule has 6 nitrogen and oxygen atoms in total. The molecule has 1 aliphatic rings. The summed E-state index contributed by atoms with van der Waals surface area (Å²) in [5.74, 6) is 0.380. The molecule has 1 saturated heterocycles. The predicted octanol–water partition coefficient (Wildman–Crippen LogP) is 2.11. The van der Waals surface area contributed by atoms with Gasteiger partial charge in [-0.15, -0.1) is 12.4 Å². The lowest BCUT2D eigenvalue weighted by Crippen LogP contribution is -2.45. The summed E-state index contributed by atoms with van der Waals surface area (Å²) in [6, 6.07) is 4.69. The highest BCUT2D eigenvalue weighted by atomic mass is 79.9. The largest absolute Gasteiger partial charge is 0.366 e. The van der Waals surface area contributed by atoms with E-state index in [0.29, 0.717) is 28.9 Å². The monoisotopic (exact) mass is 443 g/mol. The number of rotatable bonds is 4. The second-order valence-electron chi connectivity index (χ2n) is 4.80. The predicted molar refractivity (Wildman–Crippen MR) is 99.5 cm³/mol. The molecule has 0 radical (unpaired) electrons. The number of sulfonamides is 1. The topological polar surface area (TPSA) is 96.0 Å². The van der Waals surface area contributed by atoms with Crippen molar-refractivity contribution >= 4 is 55.3 Å². The van der Waals surface area contributed by atoms with Crippen LogP contribution in [0.2, 0.25) is 0 Å². The fraction of sp³-hybridized carbons (Fsp3) is 0.462. The number of amidine groups is 1. The number of nitrogens with two attached hydrogens (primary N) is 1. The fourth-order valence-corrected chi connectivity index (χ4v) is 5.22. The Labute approximate surface area is 155 Å². The lowest BCUT2D eigenvalue weighted by molar-refractivity contribution is -0.0455. The van der Waals surface area contributed by atoms with Gasteiger partial charge in [0.05, 0.1) is 10.6 Å². The number of halogens is 2. The van der Waals surface area contributed by atoms with Gasteiger partial charge >= 0.3 is 0 Å². The summed E-state index contributed by atoms with van der Waals surface area (Å²) >= 11 is 4.63. The van der Waals surface area contributed by atoms with Crippen molar-refractivity contribution in [1.82, 2.24) is 4.90 Å². The third-order valence-corrected chi connectivity index (χ3v) is 6.45. The number of hydrogen-bond acceptors (Lipinski definition) is 5. The minimum absolute atomic E-state index is 0. The average molecular weight is 445 g/mol. The average Bonchev–Trinajstić information content (AvgIpc) is 2.76. The zero-order chi connectivity index (χ0) is 16.5. The Morgan fingerprint density at radius 2 is 2.13 bits per heavy atom. The van der Waals surface area contributed by atoms with Crippen LogP contribution >= 0.6 is 40.1 Å². The van der Waals surface area contributed by atoms with Gasteiger partial charge in [0.15, 0.2) is 10.9 Å². The van der Waals surface area contributed by atoms with Gasteiger partial charge in [0, 0.05) is 23.1 Å². The number of aliphatic imine (C=N–C) groups is 1. The van der Waals surface area contributed by atoms with Gasteiger partial charge in [0.1, 0.15) is 0 Å². The van der Waals surface area contributed by atoms with Gasteiger partial charge in [-0.05, 0) is 41.9 Å². The van der Waals surface area contributed by atoms with E-state index in [9.17, 15) is 13.5 Å². The number of thioether (sulfide) groups is 1. The zero-order valence-corrected chi connectivity index (χ0v) is 16.7. The Balaban J connectivity index is 0.00000264. The molecule has 1 unspecified atom stereocenters. The Morgan fingerprint density at radius 3 is 2.65 bits per heavy atom. The van der Waals surface area contributed by atoms with E-state index in [-0.39, 0.29) is 17.3 Å². The molecule has 1 aromatic rings. The molecule has 0 amide bonds. The Bertz CT molecular complexity index is 714. The minimum atomic E-state index is -3.87. The third kappa shape index (κ3) is 4.02. The van der Waals surface area contributed by atoms with E-state index in [4.69, 9.17) is 5.14 Å². The SMILES string of the molecule is CCN=C1SCC(O)(c2ccc(Br)c(S(N)(=O)=O)c2)N1CC.Cl. The normalized spacial score (nSPS) is 23.2. The van der Waals surface area contributed by atoms with Crippen molar-refractivity contribution in [3.8, 4) is 0 Å². The lowest BCUT2D eigenvalue weighted by atomic mass is 10.0. The number of hydrogen-bond donors (Lipinski definition) is 2. The lowest BCUT2D eigenvalue weighted by Gasteiger charge is -2.34. The van der Waals surface area contributed by atoms with E-state index >= 15 is 0 Å². The minimum Gasteiger partial charge on any atom is -0.366 e. The van der Waals surface area contributed by atoms with E-state index in [0.717, 1.165) is 5.17 Å². The number of benzene rings is 1. The van der Waals surface area contributed by atoms with Crippen LogP contribution in [0.3, 0.4) is 0 Å². The van der Waals surface area contributed by atoms with Gasteiger partial charge in [-0.25, -0.2) is 13.6 Å². The van der Waals surface area contributed by atoms with Crippen LogP contribution in [0.15, 0.2) is 32.6 Å². The van der Waals surface area contributed by atoms with Crippen LogP contribution in [0.4, 0.5) is 0 Å². The summed E-state index contributed by atoms with van der Waals surface area (Å²) in [4.78, 5) is 6.11. The number of primary sulfonamides is 1. The highest BCUT2D eigenvalue weighted by Gasteiger charge is 2.44. The first-order valence-electron chi connectivity index (χ1n) is 6.74. The molecule has 1 aliphatic heterocycles. The van der Waals surface area contributed by atoms with Crippen molar-refractivity contribution in [3.63, 3.8) is 0 Å². The van der Waals surface area contributed by atoms with Gasteiger partial charge in [-0.2, -0.15) is 0 Å². The molecule has 0 bridgehead atoms. The van der Waals surface area contributed by atoms with Crippen LogP contribution in [0.5, 0.6) is 0 Å². The Kier molecular flexibility index (Phi) is 6.95. The molecule has 10 heteroatoms. The molecule has 1 aromatic carbocycles. The molecule has 3 N–H and O–H groups in total. The van der Waals surface area contributed by atoms with E-state index in [1.54, 1.807) is 17.0 Å². The molecule has 0 spiro atoms. The van der Waals surface area contributed by atoms with Crippen LogP contribution in [0, 0.1) is 0 Å². The molecule has 0 saturated carbocycles. The first-order chi connectivity index (χ1) is 10.2. The van der Waals surface area contributed by atoms with Gasteiger partial charge in [0.25, 0.3) is 0 Å². The zero-order valence-electron chi connectivity index (χ0n) is 12.7. The molecule has 1 fully saturated rings. The highest BCUT2D eigenvalue weighted by molar-refractivity contribution is 9.10. The highest BCUT2D eigenvalue weighted by Crippen LogP contribution is 2.40. The van der Waals surface area contributed by atoms with Gasteiger partial charge < -0.3 is 10.0 Å². The van der Waals surface area contributed by atoms with Gasteiger partial charge in [-0.3, -0.25) is 4.99 Å². The molecular formula is C13H19BrClN3O3S2. The maximum Gasteiger partial charge on any atom is 0.239 e. The first kappa shape index (κ1) is 20.7. The van der Waals surface area contributed by atoms with Crippen molar-refractivity contribution < 1.29 is 13.5 Å². The Morgan fingerprint density at radius 1 is 1.48 bits per heavy atom. The number of aliphatic hydroxyl groups is 1. The van der Waals surface area contributed by atoms with Crippen molar-refractivity contribution in [2.45, 2.75) is 24.5 Å². The Hall–Kier alpha value is -0.320. The molecule has 130 valence electrons. The standard InChI is InChI=1S/C13H18BrN3O3S2.ClH/c1-3-16-12-17(4-2)13(18,8-21-12)9-5-6-10(14)11(7-9)22(15,19)20;/h5-7,18H,3-4,8H2,1-2H3,(H2,15,19,20);1H. The van der Waals surface area contributed by atoms with Crippen molar-refractivity contribution in [3.05, 3.63) is 28.2 Å². The second-order valence-corrected chi connectivity index (χ2v) is 8.12. The van der Waals surface area contributed by atoms with Crippen LogP contribution in [0.25, 0.3) is 0 Å². The quantitative estimate of drug-likeness (QED) is 0.741. The maximum absolute atomic E-state index is 11.7. The summed E-state index contributed by atoms with van der Waals surface area (Å²) < 4.78 is 23.7. The molecule has 0 aliphatic carbocycles. The molecule has 1 atom stereocenters. The van der Waals surface area contributed by atoms with Crippen LogP contribution in [0.1, 0.15) is 19.4 Å². The van der Waals surface area contributed by atoms with Crippen molar-refractivity contribution in [1.29, 1.82) is 0 Å². The van der Waals surface area contributed by atoms with Crippen LogP contribution in [-0.2, 0) is 15.7 Å². The van der Waals surface area contributed by atoms with E-state index in [2.05, 4.69) is 20.9 Å². The smallest absolute Gasteiger partial charge is 0.239 e. The fourth-order valence-electron chi connectivity index (χ4n) is 2.35. The second kappa shape index (κ2) is 7.71. The van der Waals surface area contributed by atoms with E-state index in [1.807, 2.05) is 13.8 Å². The van der Waals surface area contributed by atoms with Crippen molar-refractivity contribution in [2.75, 3.05) is 18.8 Å². The van der Waals surface area contributed by atoms with Gasteiger partial charge in [0.2, 0.25) is 10.0 Å². The summed E-state index contributed by atoms with van der Waals surface area (Å²) in [6.45, 7) is 5.03. The summed E-state index contributed by atoms with van der Waals surface area (Å²) in [6.07, 6.45) is 0. The maximum atomic E-state index is 11.7. The molecule has 1 heterocycles. The van der Waals surface area contributed by atoms with Crippen molar-refractivity contribution in [2.24, 2.45) is 10.1 Å². The molecule has 0 aromatic heterocycles. The van der Waals surface area contributed by atoms with E-state index in [1.165, 1.54) is 17.8 Å². The van der Waals surface area contributed by atoms with Crippen LogP contribution < -0.4 is 5.14 Å². The number of nitrogens with zero attached hydrogens (tertiary/aromatic N) is 2. The first-order valence-corrected chi connectivity index (χ1v) is 10.1. The van der Waals surface area contributed by atoms with Gasteiger partial charge in [-0.1, -0.05) is 17.8 Å². The molecular weight excluding hydrogens is 426 g/mol. The third-order valence-electron chi connectivity index (χ3n) is 3.39. The van der Waals surface area contributed by atoms with Crippen LogP contribution in [-0.4, -0.2) is 42.4 Å². The molecule has 23 heavy (non-hydrogen) atoms. The summed E-state index contributed by atoms with van der Waals surface area (Å²) in [5.41, 5.74) is -0.816.